The van der Waals surface area contributed by atoms with Crippen LogP contribution in [0.1, 0.15) is 12.5 Å². The molecule has 0 aliphatic rings. The third-order valence-electron chi connectivity index (χ3n) is 2.06. The summed E-state index contributed by atoms with van der Waals surface area (Å²) in [5.41, 5.74) is 0.689. The number of phenols is 1. The van der Waals surface area contributed by atoms with E-state index in [0.717, 1.165) is 0 Å². The molecular weight excluding hydrogens is 216 g/mol. The highest BCUT2D eigenvalue weighted by Crippen LogP contribution is 2.19. The average Bonchev–Trinajstić information content (AvgIpc) is 2.05. The summed E-state index contributed by atoms with van der Waals surface area (Å²) in [5, 5.41) is 9.45. The quantitative estimate of drug-likeness (QED) is 0.768. The Hall–Kier alpha value is -1.07. The zero-order chi connectivity index (χ0) is 11.5. The van der Waals surface area contributed by atoms with Gasteiger partial charge < -0.3 is 5.11 Å². The molecule has 0 saturated heterocycles. The average molecular weight is 230 g/mol. The molecule has 15 heavy (non-hydrogen) atoms. The molecule has 5 heteroatoms. The first-order valence-corrected chi connectivity index (χ1v) is 6.21. The highest BCUT2D eigenvalue weighted by molar-refractivity contribution is 7.85. The minimum Gasteiger partial charge on any atom is -0.508 e. The van der Waals surface area contributed by atoms with E-state index in [2.05, 4.69) is 0 Å². The number of aromatic hydroxyl groups is 1. The third-order valence-corrected chi connectivity index (χ3v) is 3.05. The van der Waals surface area contributed by atoms with Crippen molar-refractivity contribution in [3.05, 3.63) is 29.8 Å². The van der Waals surface area contributed by atoms with Crippen LogP contribution in [0.3, 0.4) is 0 Å². The Morgan fingerprint density at radius 3 is 2.47 bits per heavy atom. The summed E-state index contributed by atoms with van der Waals surface area (Å²) in [6, 6.07) is 6.76. The van der Waals surface area contributed by atoms with Crippen molar-refractivity contribution in [3.8, 4) is 5.75 Å². The molecule has 1 unspecified atom stereocenters. The van der Waals surface area contributed by atoms with Crippen LogP contribution < -0.4 is 0 Å². The molecule has 0 heterocycles. The predicted molar refractivity (Wildman–Crippen MR) is 57.4 cm³/mol. The molecule has 0 bridgehead atoms. The fourth-order valence-corrected chi connectivity index (χ4v) is 2.31. The van der Waals surface area contributed by atoms with Crippen molar-refractivity contribution >= 4 is 10.1 Å². The number of benzene rings is 1. The van der Waals surface area contributed by atoms with Crippen LogP contribution in [-0.4, -0.2) is 23.8 Å². The van der Waals surface area contributed by atoms with Crippen molar-refractivity contribution < 1.29 is 18.1 Å². The first kappa shape index (κ1) is 12.0. The van der Waals surface area contributed by atoms with Crippen molar-refractivity contribution in [1.82, 2.24) is 0 Å². The van der Waals surface area contributed by atoms with Crippen molar-refractivity contribution in [2.75, 3.05) is 5.75 Å². The Morgan fingerprint density at radius 2 is 1.93 bits per heavy atom. The van der Waals surface area contributed by atoms with E-state index in [1.54, 1.807) is 31.2 Å². The van der Waals surface area contributed by atoms with Gasteiger partial charge in [0.05, 0.1) is 5.75 Å². The van der Waals surface area contributed by atoms with Crippen LogP contribution in [0.25, 0.3) is 0 Å². The van der Waals surface area contributed by atoms with Gasteiger partial charge in [0.2, 0.25) is 0 Å². The molecular formula is C10H14O4S. The number of phenolic OH excluding ortho intramolecular Hbond substituents is 1. The van der Waals surface area contributed by atoms with Gasteiger partial charge >= 0.3 is 0 Å². The van der Waals surface area contributed by atoms with Gasteiger partial charge in [-0.05, 0) is 24.0 Å². The van der Waals surface area contributed by atoms with Gasteiger partial charge in [-0.3, -0.25) is 4.55 Å². The van der Waals surface area contributed by atoms with E-state index in [-0.39, 0.29) is 17.4 Å². The second kappa shape index (κ2) is 4.63. The van der Waals surface area contributed by atoms with E-state index < -0.39 is 10.1 Å². The molecule has 1 rings (SSSR count). The standard InChI is InChI=1S/C10H14O4S/c1-8(7-15(12,13)14)6-9-4-2-3-5-10(9)11/h2-5,8,11H,6-7H2,1H3,(H,12,13,14). The highest BCUT2D eigenvalue weighted by atomic mass is 32.2. The lowest BCUT2D eigenvalue weighted by Gasteiger charge is -2.10. The summed E-state index contributed by atoms with van der Waals surface area (Å²) < 4.78 is 29.9. The van der Waals surface area contributed by atoms with Crippen LogP contribution in [0.15, 0.2) is 24.3 Å². The summed E-state index contributed by atoms with van der Waals surface area (Å²) in [7, 11) is -3.94. The number of hydrogen-bond acceptors (Lipinski definition) is 3. The molecule has 1 atom stereocenters. The first-order chi connectivity index (χ1) is 6.88. The fourth-order valence-electron chi connectivity index (χ4n) is 1.48. The van der Waals surface area contributed by atoms with E-state index in [0.29, 0.717) is 12.0 Å². The smallest absolute Gasteiger partial charge is 0.265 e. The Bertz CT molecular complexity index is 425. The van der Waals surface area contributed by atoms with Crippen LogP contribution in [0.5, 0.6) is 5.75 Å². The third kappa shape index (κ3) is 4.31. The molecule has 0 amide bonds. The van der Waals surface area contributed by atoms with Gasteiger partial charge in [0.15, 0.2) is 0 Å². The van der Waals surface area contributed by atoms with Crippen LogP contribution in [0.4, 0.5) is 0 Å². The molecule has 0 saturated carbocycles. The maximum atomic E-state index is 10.6. The summed E-state index contributed by atoms with van der Waals surface area (Å²) in [4.78, 5) is 0. The lowest BCUT2D eigenvalue weighted by molar-refractivity contribution is 0.453. The van der Waals surface area contributed by atoms with Gasteiger partial charge in [0.1, 0.15) is 5.75 Å². The molecule has 0 aliphatic heterocycles. The minimum atomic E-state index is -3.94. The molecule has 4 nitrogen and oxygen atoms in total. The summed E-state index contributed by atoms with van der Waals surface area (Å²) >= 11 is 0. The van der Waals surface area contributed by atoms with E-state index >= 15 is 0 Å². The maximum Gasteiger partial charge on any atom is 0.265 e. The van der Waals surface area contributed by atoms with Crippen molar-refractivity contribution in [3.63, 3.8) is 0 Å². The fraction of sp³-hybridized carbons (Fsp3) is 0.400. The number of rotatable bonds is 4. The van der Waals surface area contributed by atoms with Gasteiger partial charge in [-0.1, -0.05) is 25.1 Å². The van der Waals surface area contributed by atoms with E-state index in [4.69, 9.17) is 4.55 Å². The second-order valence-electron chi connectivity index (χ2n) is 3.69. The summed E-state index contributed by atoms with van der Waals surface area (Å²) in [6.07, 6.45) is 0.423. The van der Waals surface area contributed by atoms with Crippen molar-refractivity contribution in [2.45, 2.75) is 13.3 Å². The van der Waals surface area contributed by atoms with Gasteiger partial charge in [0, 0.05) is 0 Å². The van der Waals surface area contributed by atoms with Crippen LogP contribution in [0, 0.1) is 5.92 Å². The number of hydrogen-bond donors (Lipinski definition) is 2. The SMILES string of the molecule is CC(Cc1ccccc1O)CS(=O)(=O)O. The molecule has 84 valence electrons. The lowest BCUT2D eigenvalue weighted by atomic mass is 10.0. The largest absolute Gasteiger partial charge is 0.508 e. The Morgan fingerprint density at radius 1 is 1.33 bits per heavy atom. The Balaban J connectivity index is 2.67. The topological polar surface area (TPSA) is 74.6 Å². The predicted octanol–water partition coefficient (Wildman–Crippen LogP) is 1.46. The van der Waals surface area contributed by atoms with Crippen LogP contribution >= 0.6 is 0 Å². The Kier molecular flexibility index (Phi) is 3.71. The van der Waals surface area contributed by atoms with Crippen molar-refractivity contribution in [2.24, 2.45) is 5.92 Å². The zero-order valence-electron chi connectivity index (χ0n) is 8.42. The maximum absolute atomic E-state index is 10.6. The van der Waals surface area contributed by atoms with Gasteiger partial charge in [-0.15, -0.1) is 0 Å². The van der Waals surface area contributed by atoms with Crippen molar-refractivity contribution in [1.29, 1.82) is 0 Å². The van der Waals surface area contributed by atoms with Gasteiger partial charge in [-0.2, -0.15) is 8.42 Å². The minimum absolute atomic E-state index is 0.152. The highest BCUT2D eigenvalue weighted by Gasteiger charge is 2.14. The number of para-hydroxylation sites is 1. The molecule has 1 aromatic carbocycles. The summed E-state index contributed by atoms with van der Waals surface area (Å²) in [6.45, 7) is 1.71. The molecule has 0 aromatic heterocycles. The molecule has 0 fully saturated rings. The molecule has 0 spiro atoms. The lowest BCUT2D eigenvalue weighted by Crippen LogP contribution is -2.14. The van der Waals surface area contributed by atoms with E-state index in [1.807, 2.05) is 0 Å². The zero-order valence-corrected chi connectivity index (χ0v) is 9.24. The van der Waals surface area contributed by atoms with E-state index in [9.17, 15) is 13.5 Å². The molecule has 1 aromatic rings. The van der Waals surface area contributed by atoms with Gasteiger partial charge in [-0.25, -0.2) is 0 Å². The molecule has 0 radical (unpaired) electrons. The first-order valence-electron chi connectivity index (χ1n) is 4.60. The second-order valence-corrected chi connectivity index (χ2v) is 5.18. The Labute approximate surface area is 89.3 Å². The normalized spacial score (nSPS) is 13.7. The monoisotopic (exact) mass is 230 g/mol. The molecule has 0 aliphatic carbocycles. The van der Waals surface area contributed by atoms with Crippen LogP contribution in [0.2, 0.25) is 0 Å². The summed E-state index contributed by atoms with van der Waals surface area (Å²) in [5.74, 6) is -0.366. The van der Waals surface area contributed by atoms with Crippen LogP contribution in [-0.2, 0) is 16.5 Å². The molecule has 2 N–H and O–H groups in total. The van der Waals surface area contributed by atoms with E-state index in [1.165, 1.54) is 0 Å². The van der Waals surface area contributed by atoms with Gasteiger partial charge in [0.25, 0.3) is 10.1 Å².